The molecule has 1 aromatic carbocycles. The molecule has 98 valence electrons. The molecule has 0 spiro atoms. The monoisotopic (exact) mass is 248 g/mol. The molecule has 1 aromatic rings. The Labute approximate surface area is 108 Å². The van der Waals surface area contributed by atoms with Crippen molar-refractivity contribution in [1.82, 2.24) is 5.32 Å². The van der Waals surface area contributed by atoms with E-state index in [9.17, 15) is 4.79 Å². The molecular weight excluding hydrogens is 228 g/mol. The summed E-state index contributed by atoms with van der Waals surface area (Å²) in [7, 11) is 1.62. The average Bonchev–Trinajstić information content (AvgIpc) is 2.65. The molecule has 2 N–H and O–H groups in total. The molecule has 4 heteroatoms. The lowest BCUT2D eigenvalue weighted by atomic mass is 10.1. The summed E-state index contributed by atoms with van der Waals surface area (Å²) in [5, 5.41) is 6.26. The van der Waals surface area contributed by atoms with Gasteiger partial charge in [0.1, 0.15) is 11.8 Å². The first kappa shape index (κ1) is 12.9. The van der Waals surface area contributed by atoms with E-state index < -0.39 is 0 Å². The summed E-state index contributed by atoms with van der Waals surface area (Å²) in [5.74, 6) is 0.775. The van der Waals surface area contributed by atoms with E-state index in [1.165, 1.54) is 0 Å². The maximum atomic E-state index is 12.0. The highest BCUT2D eigenvalue weighted by Crippen LogP contribution is 2.34. The Hall–Kier alpha value is -1.55. The largest absolute Gasteiger partial charge is 0.497 e. The summed E-state index contributed by atoms with van der Waals surface area (Å²) in [6.45, 7) is 4.25. The Morgan fingerprint density at radius 2 is 2.28 bits per heavy atom. The van der Waals surface area contributed by atoms with E-state index in [1.54, 1.807) is 7.11 Å². The van der Waals surface area contributed by atoms with Crippen LogP contribution in [0.5, 0.6) is 5.75 Å². The second-order valence-corrected chi connectivity index (χ2v) is 4.73. The van der Waals surface area contributed by atoms with Gasteiger partial charge in [0.25, 0.3) is 0 Å². The van der Waals surface area contributed by atoms with E-state index in [-0.39, 0.29) is 11.9 Å². The number of fused-ring (bicyclic) bond motifs is 1. The second-order valence-electron chi connectivity index (χ2n) is 4.73. The van der Waals surface area contributed by atoms with Gasteiger partial charge in [-0.15, -0.1) is 0 Å². The van der Waals surface area contributed by atoms with Gasteiger partial charge >= 0.3 is 0 Å². The summed E-state index contributed by atoms with van der Waals surface area (Å²) in [6.07, 6.45) is 2.17. The van der Waals surface area contributed by atoms with Gasteiger partial charge in [0, 0.05) is 23.4 Å². The fourth-order valence-electron chi connectivity index (χ4n) is 2.33. The predicted molar refractivity (Wildman–Crippen MR) is 71.9 cm³/mol. The van der Waals surface area contributed by atoms with Crippen LogP contribution in [0.1, 0.15) is 38.3 Å². The number of hydrogen-bond acceptors (Lipinski definition) is 3. The van der Waals surface area contributed by atoms with Crippen molar-refractivity contribution >= 4 is 11.6 Å². The number of hydrogen-bond donors (Lipinski definition) is 2. The molecule has 4 nitrogen and oxygen atoms in total. The fourth-order valence-corrected chi connectivity index (χ4v) is 2.33. The zero-order chi connectivity index (χ0) is 13.1. The van der Waals surface area contributed by atoms with E-state index in [0.717, 1.165) is 29.8 Å². The van der Waals surface area contributed by atoms with Gasteiger partial charge in [-0.1, -0.05) is 19.4 Å². The van der Waals surface area contributed by atoms with E-state index in [2.05, 4.69) is 24.5 Å². The first-order valence-corrected chi connectivity index (χ1v) is 6.40. The van der Waals surface area contributed by atoms with Gasteiger partial charge in [-0.25, -0.2) is 0 Å². The molecule has 0 aliphatic carbocycles. The number of anilines is 1. The Bertz CT molecular complexity index is 445. The van der Waals surface area contributed by atoms with Gasteiger partial charge in [-0.3, -0.25) is 10.1 Å². The third-order valence-corrected chi connectivity index (χ3v) is 3.26. The number of amides is 1. The van der Waals surface area contributed by atoms with Crippen LogP contribution in [-0.2, 0) is 4.79 Å². The van der Waals surface area contributed by atoms with Crippen LogP contribution in [0.3, 0.4) is 0 Å². The molecule has 0 radical (unpaired) electrons. The van der Waals surface area contributed by atoms with E-state index in [4.69, 9.17) is 4.74 Å². The van der Waals surface area contributed by atoms with Gasteiger partial charge in [-0.05, 0) is 19.4 Å². The van der Waals surface area contributed by atoms with Crippen molar-refractivity contribution in [2.75, 3.05) is 12.4 Å². The van der Waals surface area contributed by atoms with E-state index in [1.807, 2.05) is 18.2 Å². The lowest BCUT2D eigenvalue weighted by Crippen LogP contribution is -2.34. The smallest absolute Gasteiger partial charge is 0.246 e. The third kappa shape index (κ3) is 2.48. The number of methoxy groups -OCH3 is 1. The molecule has 1 aliphatic heterocycles. The van der Waals surface area contributed by atoms with Crippen molar-refractivity contribution < 1.29 is 9.53 Å². The number of benzene rings is 1. The maximum Gasteiger partial charge on any atom is 0.246 e. The molecule has 18 heavy (non-hydrogen) atoms. The van der Waals surface area contributed by atoms with Gasteiger partial charge < -0.3 is 10.1 Å². The molecule has 1 aliphatic rings. The van der Waals surface area contributed by atoms with E-state index in [0.29, 0.717) is 6.04 Å². The van der Waals surface area contributed by atoms with Crippen molar-refractivity contribution in [3.8, 4) is 5.75 Å². The van der Waals surface area contributed by atoms with Crippen molar-refractivity contribution in [3.05, 3.63) is 23.8 Å². The summed E-state index contributed by atoms with van der Waals surface area (Å²) < 4.78 is 5.16. The Morgan fingerprint density at radius 1 is 1.50 bits per heavy atom. The third-order valence-electron chi connectivity index (χ3n) is 3.26. The van der Waals surface area contributed by atoms with Crippen molar-refractivity contribution in [2.24, 2.45) is 0 Å². The van der Waals surface area contributed by atoms with Crippen LogP contribution >= 0.6 is 0 Å². The summed E-state index contributed by atoms with van der Waals surface area (Å²) in [4.78, 5) is 12.0. The summed E-state index contributed by atoms with van der Waals surface area (Å²) in [5.41, 5.74) is 1.85. The van der Waals surface area contributed by atoms with E-state index >= 15 is 0 Å². The maximum absolute atomic E-state index is 12.0. The molecule has 2 rings (SSSR count). The van der Waals surface area contributed by atoms with Crippen LogP contribution in [0.15, 0.2) is 18.2 Å². The van der Waals surface area contributed by atoms with Crippen LogP contribution < -0.4 is 15.4 Å². The average molecular weight is 248 g/mol. The van der Waals surface area contributed by atoms with Gasteiger partial charge in [0.05, 0.1) is 7.11 Å². The Kier molecular flexibility index (Phi) is 3.87. The van der Waals surface area contributed by atoms with Crippen molar-refractivity contribution in [3.63, 3.8) is 0 Å². The number of rotatable bonds is 5. The van der Waals surface area contributed by atoms with Crippen LogP contribution in [0.25, 0.3) is 0 Å². The number of nitrogens with one attached hydrogen (secondary N) is 2. The quantitative estimate of drug-likeness (QED) is 0.841. The van der Waals surface area contributed by atoms with Crippen LogP contribution in [0.4, 0.5) is 5.69 Å². The zero-order valence-corrected chi connectivity index (χ0v) is 11.1. The highest BCUT2D eigenvalue weighted by atomic mass is 16.5. The topological polar surface area (TPSA) is 50.4 Å². The lowest BCUT2D eigenvalue weighted by Gasteiger charge is -2.17. The van der Waals surface area contributed by atoms with Crippen molar-refractivity contribution in [2.45, 2.75) is 38.8 Å². The Morgan fingerprint density at radius 3 is 2.94 bits per heavy atom. The number of carbonyl (C=O) groups excluding carboxylic acids is 1. The second kappa shape index (κ2) is 5.40. The minimum atomic E-state index is -0.243. The standard InChI is InChI=1S/C14H20N2O2/c1-4-5-9(2)15-13-11-7-6-10(18-3)8-12(11)16-14(13)17/h6-9,13,15H,4-5H2,1-3H3,(H,16,17). The van der Waals surface area contributed by atoms with Crippen LogP contribution in [-0.4, -0.2) is 19.1 Å². The van der Waals surface area contributed by atoms with Gasteiger partial charge in [0.15, 0.2) is 0 Å². The highest BCUT2D eigenvalue weighted by molar-refractivity contribution is 6.02. The molecule has 0 saturated carbocycles. The zero-order valence-electron chi connectivity index (χ0n) is 11.1. The molecule has 1 amide bonds. The molecule has 0 aromatic heterocycles. The van der Waals surface area contributed by atoms with Crippen molar-refractivity contribution in [1.29, 1.82) is 0 Å². The molecule has 1 heterocycles. The summed E-state index contributed by atoms with van der Waals surface area (Å²) >= 11 is 0. The first-order chi connectivity index (χ1) is 8.65. The predicted octanol–water partition coefficient (Wildman–Crippen LogP) is 2.47. The number of carbonyl (C=O) groups is 1. The normalized spacial score (nSPS) is 19.3. The molecular formula is C14H20N2O2. The molecule has 0 bridgehead atoms. The summed E-state index contributed by atoms with van der Waals surface area (Å²) in [6, 6.07) is 5.78. The minimum Gasteiger partial charge on any atom is -0.497 e. The Balaban J connectivity index is 2.17. The fraction of sp³-hybridized carbons (Fsp3) is 0.500. The van der Waals surface area contributed by atoms with Crippen LogP contribution in [0, 0.1) is 0 Å². The molecule has 2 unspecified atom stereocenters. The first-order valence-electron chi connectivity index (χ1n) is 6.40. The SMILES string of the molecule is CCCC(C)NC1C(=O)Nc2cc(OC)ccc21. The molecule has 2 atom stereocenters. The minimum absolute atomic E-state index is 0.0150. The van der Waals surface area contributed by atoms with Gasteiger partial charge in [-0.2, -0.15) is 0 Å². The van der Waals surface area contributed by atoms with Crippen LogP contribution in [0.2, 0.25) is 0 Å². The van der Waals surface area contributed by atoms with Gasteiger partial charge in [0.2, 0.25) is 5.91 Å². The number of ether oxygens (including phenoxy) is 1. The lowest BCUT2D eigenvalue weighted by molar-refractivity contribution is -0.117. The molecule has 0 saturated heterocycles. The highest BCUT2D eigenvalue weighted by Gasteiger charge is 2.31. The molecule has 0 fully saturated rings.